The maximum absolute atomic E-state index is 10.8. The monoisotopic (exact) mass is 298 g/mol. The molecule has 0 saturated carbocycles. The molecule has 0 saturated heterocycles. The maximum Gasteiger partial charge on any atom is 0.274 e. The number of nitro groups is 2. The number of non-ortho nitro benzene ring substituents is 2. The summed E-state index contributed by atoms with van der Waals surface area (Å²) >= 11 is 0. The molecule has 0 unspecified atom stereocenters. The van der Waals surface area contributed by atoms with Gasteiger partial charge in [-0.2, -0.15) is 4.63 Å². The Morgan fingerprint density at radius 3 is 2.45 bits per heavy atom. The van der Waals surface area contributed by atoms with Gasteiger partial charge in [0, 0.05) is 29.2 Å². The van der Waals surface area contributed by atoms with Crippen molar-refractivity contribution < 1.29 is 14.5 Å². The van der Waals surface area contributed by atoms with Crippen molar-refractivity contribution in [3.05, 3.63) is 56.6 Å². The fraction of sp³-hybridized carbons (Fsp3) is 0. The van der Waals surface area contributed by atoms with Gasteiger partial charge >= 0.3 is 0 Å². The first-order valence-corrected chi connectivity index (χ1v) is 6.15. The number of fused-ring (bicyclic) bond motifs is 5. The van der Waals surface area contributed by atoms with Gasteiger partial charge in [0.25, 0.3) is 11.4 Å². The summed E-state index contributed by atoms with van der Waals surface area (Å²) in [4.78, 5) is 20.6. The molecule has 2 aromatic heterocycles. The van der Waals surface area contributed by atoms with E-state index < -0.39 is 9.85 Å². The Hall–Kier alpha value is -3.56. The minimum absolute atomic E-state index is 0.0613. The molecule has 0 aliphatic heterocycles. The maximum atomic E-state index is 10.8. The average molecular weight is 298 g/mol. The fourth-order valence-corrected chi connectivity index (χ4v) is 2.35. The standard InChI is InChI=1S/C12H6N6O4/c19-17(20)7-1-3-11-9(5-7)13-16-12-4-2-8(18(21)22)6-10(12)14-15(11)16/h1-6H. The SMILES string of the molecule is O=[N+]([O-])c1ccc2c(c1)nn1c3ccc([N+](=O)[O-])cc3[n-][n+]21. The summed E-state index contributed by atoms with van der Waals surface area (Å²) in [7, 11) is 0. The molecule has 0 bridgehead atoms. The second-order valence-electron chi connectivity index (χ2n) is 4.64. The summed E-state index contributed by atoms with van der Waals surface area (Å²) in [6.45, 7) is 0. The summed E-state index contributed by atoms with van der Waals surface area (Å²) in [5, 5.41) is 30.1. The molecule has 0 atom stereocenters. The molecule has 0 N–H and O–H groups in total. The zero-order chi connectivity index (χ0) is 15.4. The molecule has 4 aromatic rings. The van der Waals surface area contributed by atoms with Crippen molar-refractivity contribution in [3.8, 4) is 0 Å². The van der Waals surface area contributed by atoms with Gasteiger partial charge < -0.3 is 0 Å². The third-order valence-electron chi connectivity index (χ3n) is 3.35. The van der Waals surface area contributed by atoms with Crippen molar-refractivity contribution in [2.45, 2.75) is 0 Å². The molecule has 108 valence electrons. The number of hydrogen-bond donors (Lipinski definition) is 0. The molecule has 0 radical (unpaired) electrons. The van der Waals surface area contributed by atoms with Crippen LogP contribution in [0.2, 0.25) is 0 Å². The third-order valence-corrected chi connectivity index (χ3v) is 3.35. The number of rotatable bonds is 2. The highest BCUT2D eigenvalue weighted by molar-refractivity contribution is 5.78. The molecular weight excluding hydrogens is 292 g/mol. The van der Waals surface area contributed by atoms with Crippen molar-refractivity contribution >= 4 is 33.4 Å². The van der Waals surface area contributed by atoms with Gasteiger partial charge in [0.05, 0.1) is 15.9 Å². The lowest BCUT2D eigenvalue weighted by Crippen LogP contribution is -2.30. The molecular formula is C12H6N6O4. The lowest BCUT2D eigenvalue weighted by molar-refractivity contribution is -0.654. The molecule has 2 heterocycles. The highest BCUT2D eigenvalue weighted by atomic mass is 16.6. The minimum atomic E-state index is -0.497. The van der Waals surface area contributed by atoms with Gasteiger partial charge in [0.2, 0.25) is 5.52 Å². The van der Waals surface area contributed by atoms with Crippen molar-refractivity contribution in [1.29, 1.82) is 0 Å². The Balaban J connectivity index is 2.05. The average Bonchev–Trinajstić information content (AvgIpc) is 3.01. The minimum Gasteiger partial charge on any atom is -0.270 e. The van der Waals surface area contributed by atoms with E-state index >= 15 is 0 Å². The van der Waals surface area contributed by atoms with E-state index in [9.17, 15) is 20.2 Å². The quantitative estimate of drug-likeness (QED) is 0.309. The summed E-state index contributed by atoms with van der Waals surface area (Å²) in [5.41, 5.74) is 1.86. The largest absolute Gasteiger partial charge is 0.274 e. The number of hydrogen-bond acceptors (Lipinski definition) is 5. The number of benzene rings is 2. The van der Waals surface area contributed by atoms with Crippen LogP contribution in [0.5, 0.6) is 0 Å². The van der Waals surface area contributed by atoms with Crippen LogP contribution in [0.25, 0.3) is 22.1 Å². The molecule has 10 nitrogen and oxygen atoms in total. The third kappa shape index (κ3) is 1.54. The Labute approximate surface area is 120 Å². The van der Waals surface area contributed by atoms with Crippen LogP contribution in [0.3, 0.4) is 0 Å². The van der Waals surface area contributed by atoms with Crippen LogP contribution in [0.1, 0.15) is 0 Å². The Kier molecular flexibility index (Phi) is 2.20. The fourth-order valence-electron chi connectivity index (χ4n) is 2.35. The zero-order valence-corrected chi connectivity index (χ0v) is 10.8. The van der Waals surface area contributed by atoms with Crippen LogP contribution in [0.15, 0.2) is 36.4 Å². The number of nitrogens with zero attached hydrogens (tertiary/aromatic N) is 6. The highest BCUT2D eigenvalue weighted by Crippen LogP contribution is 2.20. The Bertz CT molecular complexity index is 1010. The topological polar surface area (TPSA) is 122 Å². The van der Waals surface area contributed by atoms with E-state index in [0.29, 0.717) is 22.1 Å². The lowest BCUT2D eigenvalue weighted by Gasteiger charge is -1.92. The van der Waals surface area contributed by atoms with E-state index in [4.69, 9.17) is 0 Å². The summed E-state index contributed by atoms with van der Waals surface area (Å²) in [6.07, 6.45) is 0. The predicted molar refractivity (Wildman–Crippen MR) is 72.5 cm³/mol. The van der Waals surface area contributed by atoms with Gasteiger partial charge in [-0.3, -0.25) is 25.3 Å². The second kappa shape index (κ2) is 3.97. The van der Waals surface area contributed by atoms with E-state index in [1.807, 2.05) is 0 Å². The molecule has 0 aliphatic rings. The smallest absolute Gasteiger partial charge is 0.270 e. The molecule has 0 spiro atoms. The van der Waals surface area contributed by atoms with Gasteiger partial charge in [0.15, 0.2) is 5.52 Å². The molecule has 22 heavy (non-hydrogen) atoms. The molecule has 10 heteroatoms. The first-order valence-electron chi connectivity index (χ1n) is 6.15. The van der Waals surface area contributed by atoms with E-state index in [-0.39, 0.29) is 11.4 Å². The lowest BCUT2D eigenvalue weighted by atomic mass is 10.3. The molecule has 0 fully saturated rings. The first-order chi connectivity index (χ1) is 10.5. The summed E-state index contributed by atoms with van der Waals surface area (Å²) < 4.78 is 2.90. The summed E-state index contributed by atoms with van der Waals surface area (Å²) in [6, 6.07) is 8.52. The van der Waals surface area contributed by atoms with Gasteiger partial charge in [-0.1, -0.05) is 0 Å². The van der Waals surface area contributed by atoms with E-state index in [1.165, 1.54) is 33.5 Å². The van der Waals surface area contributed by atoms with E-state index in [1.54, 1.807) is 12.1 Å². The van der Waals surface area contributed by atoms with Crippen molar-refractivity contribution in [1.82, 2.24) is 14.8 Å². The Morgan fingerprint density at radius 1 is 1.05 bits per heavy atom. The normalized spacial score (nSPS) is 11.5. The van der Waals surface area contributed by atoms with Crippen molar-refractivity contribution in [3.63, 3.8) is 0 Å². The molecule has 0 aliphatic carbocycles. The Morgan fingerprint density at radius 2 is 1.73 bits per heavy atom. The van der Waals surface area contributed by atoms with Crippen LogP contribution in [0.4, 0.5) is 11.4 Å². The highest BCUT2D eigenvalue weighted by Gasteiger charge is 2.17. The van der Waals surface area contributed by atoms with E-state index in [0.717, 1.165) is 0 Å². The van der Waals surface area contributed by atoms with Gasteiger partial charge in [-0.15, -0.1) is 4.63 Å². The van der Waals surface area contributed by atoms with E-state index in [2.05, 4.69) is 10.2 Å². The van der Waals surface area contributed by atoms with Crippen LogP contribution in [0, 0.1) is 20.2 Å². The first kappa shape index (κ1) is 12.2. The van der Waals surface area contributed by atoms with Crippen LogP contribution in [-0.2, 0) is 0 Å². The zero-order valence-electron chi connectivity index (χ0n) is 10.8. The molecule has 0 amide bonds. The summed E-state index contributed by atoms with van der Waals surface area (Å²) in [5.74, 6) is 0. The van der Waals surface area contributed by atoms with Crippen LogP contribution in [-0.4, -0.2) is 19.6 Å². The van der Waals surface area contributed by atoms with Crippen LogP contribution < -0.4 is 9.73 Å². The number of aromatic nitrogens is 4. The second-order valence-corrected chi connectivity index (χ2v) is 4.64. The number of nitro benzene ring substituents is 2. The van der Waals surface area contributed by atoms with Gasteiger partial charge in [-0.05, 0) is 17.2 Å². The van der Waals surface area contributed by atoms with Gasteiger partial charge in [-0.25, -0.2) is 0 Å². The van der Waals surface area contributed by atoms with Crippen molar-refractivity contribution in [2.24, 2.45) is 0 Å². The van der Waals surface area contributed by atoms with Crippen molar-refractivity contribution in [2.75, 3.05) is 0 Å². The molecule has 2 aromatic carbocycles. The van der Waals surface area contributed by atoms with Crippen LogP contribution >= 0.6 is 0 Å². The molecule has 4 rings (SSSR count). The van der Waals surface area contributed by atoms with Gasteiger partial charge in [0.1, 0.15) is 0 Å². The predicted octanol–water partition coefficient (Wildman–Crippen LogP) is 1.000.